The van der Waals surface area contributed by atoms with Gasteiger partial charge in [-0.3, -0.25) is 0 Å². The number of hydrogen-bond donors (Lipinski definition) is 1. The zero-order chi connectivity index (χ0) is 15.5. The average molecular weight is 296 g/mol. The molecule has 122 valence electrons. The van der Waals surface area contributed by atoms with Gasteiger partial charge < -0.3 is 15.0 Å². The Morgan fingerprint density at radius 3 is 2.33 bits per heavy atom. The molecular weight excluding hydrogens is 264 g/mol. The molecule has 1 amide bonds. The average Bonchev–Trinajstić information content (AvgIpc) is 2.85. The van der Waals surface area contributed by atoms with Crippen LogP contribution in [-0.4, -0.2) is 41.8 Å². The number of likely N-dealkylation sites (tertiary alicyclic amines) is 1. The van der Waals surface area contributed by atoms with Crippen molar-refractivity contribution in [2.75, 3.05) is 13.1 Å². The normalized spacial score (nSPS) is 27.9. The van der Waals surface area contributed by atoms with E-state index in [1.165, 1.54) is 25.7 Å². The van der Waals surface area contributed by atoms with Crippen LogP contribution in [0.5, 0.6) is 0 Å². The fourth-order valence-corrected chi connectivity index (χ4v) is 3.49. The van der Waals surface area contributed by atoms with E-state index < -0.39 is 5.60 Å². The molecule has 2 rings (SSSR count). The molecule has 0 bridgehead atoms. The van der Waals surface area contributed by atoms with E-state index in [4.69, 9.17) is 4.74 Å². The highest BCUT2D eigenvalue weighted by molar-refractivity contribution is 5.68. The Kier molecular flexibility index (Phi) is 5.53. The maximum Gasteiger partial charge on any atom is 0.410 e. The third-order valence-electron chi connectivity index (χ3n) is 4.74. The quantitative estimate of drug-likeness (QED) is 0.866. The molecule has 2 atom stereocenters. The van der Waals surface area contributed by atoms with Crippen LogP contribution >= 0.6 is 0 Å². The highest BCUT2D eigenvalue weighted by atomic mass is 16.6. The van der Waals surface area contributed by atoms with E-state index in [-0.39, 0.29) is 6.09 Å². The first-order valence-electron chi connectivity index (χ1n) is 8.61. The van der Waals surface area contributed by atoms with Crippen LogP contribution < -0.4 is 5.32 Å². The molecule has 1 heterocycles. The summed E-state index contributed by atoms with van der Waals surface area (Å²) < 4.78 is 5.44. The largest absolute Gasteiger partial charge is 0.444 e. The molecule has 1 N–H and O–H groups in total. The van der Waals surface area contributed by atoms with Gasteiger partial charge in [0.1, 0.15) is 5.60 Å². The predicted octanol–water partition coefficient (Wildman–Crippen LogP) is 3.55. The lowest BCUT2D eigenvalue weighted by Crippen LogP contribution is -2.48. The number of carbonyl (C=O) groups excluding carboxylic acids is 1. The van der Waals surface area contributed by atoms with Crippen molar-refractivity contribution >= 4 is 6.09 Å². The van der Waals surface area contributed by atoms with Crippen molar-refractivity contribution < 1.29 is 9.53 Å². The lowest BCUT2D eigenvalue weighted by Gasteiger charge is -2.35. The van der Waals surface area contributed by atoms with Gasteiger partial charge in [-0.05, 0) is 58.8 Å². The molecular formula is C17H32N2O2. The molecule has 2 unspecified atom stereocenters. The van der Waals surface area contributed by atoms with Gasteiger partial charge in [0.05, 0.1) is 0 Å². The van der Waals surface area contributed by atoms with Crippen molar-refractivity contribution in [1.82, 2.24) is 10.2 Å². The van der Waals surface area contributed by atoms with Gasteiger partial charge in [0.2, 0.25) is 0 Å². The van der Waals surface area contributed by atoms with Crippen molar-refractivity contribution in [1.29, 1.82) is 0 Å². The van der Waals surface area contributed by atoms with Crippen LogP contribution in [0, 0.1) is 5.92 Å². The highest BCUT2D eigenvalue weighted by Crippen LogP contribution is 2.29. The van der Waals surface area contributed by atoms with E-state index in [0.717, 1.165) is 31.8 Å². The summed E-state index contributed by atoms with van der Waals surface area (Å²) in [5, 5.41) is 3.81. The van der Waals surface area contributed by atoms with Gasteiger partial charge in [-0.25, -0.2) is 4.79 Å². The number of ether oxygens (including phenoxy) is 1. The Morgan fingerprint density at radius 1 is 1.14 bits per heavy atom. The summed E-state index contributed by atoms with van der Waals surface area (Å²) >= 11 is 0. The predicted molar refractivity (Wildman–Crippen MR) is 85.4 cm³/mol. The SMILES string of the molecule is CCC1CCC(NC2CCN(C(=O)OC(C)(C)C)CC2)C1. The number of nitrogens with zero attached hydrogens (tertiary/aromatic N) is 1. The number of nitrogens with one attached hydrogen (secondary N) is 1. The summed E-state index contributed by atoms with van der Waals surface area (Å²) in [5.74, 6) is 0.921. The summed E-state index contributed by atoms with van der Waals surface area (Å²) in [6, 6.07) is 1.28. The minimum absolute atomic E-state index is 0.159. The van der Waals surface area contributed by atoms with E-state index in [1.807, 2.05) is 25.7 Å². The highest BCUT2D eigenvalue weighted by Gasteiger charge is 2.29. The lowest BCUT2D eigenvalue weighted by molar-refractivity contribution is 0.0196. The first kappa shape index (κ1) is 16.6. The van der Waals surface area contributed by atoms with E-state index in [2.05, 4.69) is 12.2 Å². The van der Waals surface area contributed by atoms with E-state index >= 15 is 0 Å². The smallest absolute Gasteiger partial charge is 0.410 e. The molecule has 4 heteroatoms. The minimum atomic E-state index is -0.398. The van der Waals surface area contributed by atoms with Gasteiger partial charge in [-0.2, -0.15) is 0 Å². The zero-order valence-corrected chi connectivity index (χ0v) is 14.2. The van der Waals surface area contributed by atoms with Crippen LogP contribution in [0.4, 0.5) is 4.79 Å². The zero-order valence-electron chi connectivity index (χ0n) is 14.2. The van der Waals surface area contributed by atoms with Crippen molar-refractivity contribution in [3.63, 3.8) is 0 Å². The summed E-state index contributed by atoms with van der Waals surface area (Å²) in [4.78, 5) is 13.9. The minimum Gasteiger partial charge on any atom is -0.444 e. The van der Waals surface area contributed by atoms with Gasteiger partial charge in [-0.1, -0.05) is 13.3 Å². The topological polar surface area (TPSA) is 41.6 Å². The molecule has 21 heavy (non-hydrogen) atoms. The Labute approximate surface area is 129 Å². The molecule has 2 aliphatic rings. The number of rotatable bonds is 3. The summed E-state index contributed by atoms with van der Waals surface area (Å²) in [5.41, 5.74) is -0.398. The first-order valence-corrected chi connectivity index (χ1v) is 8.61. The fourth-order valence-electron chi connectivity index (χ4n) is 3.49. The second-order valence-corrected chi connectivity index (χ2v) is 7.69. The Balaban J connectivity index is 1.70. The lowest BCUT2D eigenvalue weighted by atomic mass is 10.0. The van der Waals surface area contributed by atoms with Crippen LogP contribution in [0.15, 0.2) is 0 Å². The van der Waals surface area contributed by atoms with E-state index in [0.29, 0.717) is 12.1 Å². The molecule has 0 aromatic carbocycles. The molecule has 4 nitrogen and oxygen atoms in total. The molecule has 1 aliphatic carbocycles. The van der Waals surface area contributed by atoms with Crippen molar-refractivity contribution in [3.05, 3.63) is 0 Å². The number of amides is 1. The van der Waals surface area contributed by atoms with Gasteiger partial charge in [0.15, 0.2) is 0 Å². The van der Waals surface area contributed by atoms with Crippen molar-refractivity contribution in [2.45, 2.75) is 83.9 Å². The van der Waals surface area contributed by atoms with Crippen molar-refractivity contribution in [2.24, 2.45) is 5.92 Å². The molecule has 0 spiro atoms. The first-order chi connectivity index (χ1) is 9.87. The number of hydrogen-bond acceptors (Lipinski definition) is 3. The summed E-state index contributed by atoms with van der Waals surface area (Å²) in [6.07, 6.45) is 7.29. The van der Waals surface area contributed by atoms with Crippen LogP contribution in [0.1, 0.15) is 66.2 Å². The maximum atomic E-state index is 12.0. The molecule has 1 aliphatic heterocycles. The van der Waals surface area contributed by atoms with Gasteiger partial charge in [0.25, 0.3) is 0 Å². The standard InChI is InChI=1S/C17H32N2O2/c1-5-13-6-7-15(12-13)18-14-8-10-19(11-9-14)16(20)21-17(2,3)4/h13-15,18H,5-12H2,1-4H3. The van der Waals surface area contributed by atoms with Crippen LogP contribution in [0.2, 0.25) is 0 Å². The van der Waals surface area contributed by atoms with Crippen LogP contribution in [0.3, 0.4) is 0 Å². The maximum absolute atomic E-state index is 12.0. The second kappa shape index (κ2) is 6.99. The van der Waals surface area contributed by atoms with Crippen LogP contribution in [-0.2, 0) is 4.74 Å². The van der Waals surface area contributed by atoms with E-state index in [9.17, 15) is 4.79 Å². The molecule has 0 radical (unpaired) electrons. The molecule has 0 aromatic rings. The fraction of sp³-hybridized carbons (Fsp3) is 0.941. The Hall–Kier alpha value is -0.770. The van der Waals surface area contributed by atoms with Crippen molar-refractivity contribution in [3.8, 4) is 0 Å². The number of piperidine rings is 1. The molecule has 1 saturated heterocycles. The Bertz CT molecular complexity index is 343. The third-order valence-corrected chi connectivity index (χ3v) is 4.74. The number of carbonyl (C=O) groups is 1. The van der Waals surface area contributed by atoms with Gasteiger partial charge in [0, 0.05) is 25.2 Å². The monoisotopic (exact) mass is 296 g/mol. The molecule has 1 saturated carbocycles. The van der Waals surface area contributed by atoms with E-state index in [1.54, 1.807) is 0 Å². The third kappa shape index (κ3) is 5.17. The van der Waals surface area contributed by atoms with Crippen LogP contribution in [0.25, 0.3) is 0 Å². The molecule has 0 aromatic heterocycles. The molecule has 2 fully saturated rings. The summed E-state index contributed by atoms with van der Waals surface area (Å²) in [7, 11) is 0. The van der Waals surface area contributed by atoms with Gasteiger partial charge >= 0.3 is 6.09 Å². The second-order valence-electron chi connectivity index (χ2n) is 7.69. The Morgan fingerprint density at radius 2 is 1.81 bits per heavy atom. The summed E-state index contributed by atoms with van der Waals surface area (Å²) in [6.45, 7) is 9.69. The van der Waals surface area contributed by atoms with Gasteiger partial charge in [-0.15, -0.1) is 0 Å².